The second-order valence-electron chi connectivity index (χ2n) is 2.71. The van der Waals surface area contributed by atoms with Gasteiger partial charge in [-0.05, 0) is 31.2 Å². The van der Waals surface area contributed by atoms with E-state index in [-0.39, 0.29) is 9.89 Å². The molecule has 4 heteroatoms. The maximum atomic E-state index is 11.2. The Balaban J connectivity index is 2.64. The van der Waals surface area contributed by atoms with Crippen molar-refractivity contribution >= 4 is 28.6 Å². The van der Waals surface area contributed by atoms with E-state index >= 15 is 0 Å². The molecule has 0 spiro atoms. The maximum Gasteiger partial charge on any atom is 0.323 e. The molecule has 0 aliphatic carbocycles. The number of rotatable bonds is 3. The molecule has 0 saturated heterocycles. The predicted molar refractivity (Wildman–Crippen MR) is 62.1 cm³/mol. The molecule has 1 atom stereocenters. The molecule has 0 saturated carbocycles. The van der Waals surface area contributed by atoms with Gasteiger partial charge in [0.2, 0.25) is 0 Å². The van der Waals surface area contributed by atoms with Crippen molar-refractivity contribution in [3.8, 4) is 11.5 Å². The van der Waals surface area contributed by atoms with Gasteiger partial charge in [0.05, 0.1) is 7.11 Å². The minimum absolute atomic E-state index is 0.144. The van der Waals surface area contributed by atoms with Crippen molar-refractivity contribution < 1.29 is 14.3 Å². The van der Waals surface area contributed by atoms with Crippen LogP contribution in [-0.2, 0) is 4.79 Å². The van der Waals surface area contributed by atoms with E-state index in [9.17, 15) is 4.79 Å². The van der Waals surface area contributed by atoms with Crippen LogP contribution in [0, 0.1) is 0 Å². The Hall–Kier alpha value is -0.780. The standard InChI is InChI=1S/C10H11IO3/c1-7(11)10(12)14-9-5-3-8(13-2)4-6-9/h3-7H,1-2H3/t7-/m0/s1. The van der Waals surface area contributed by atoms with Crippen LogP contribution in [0.5, 0.6) is 11.5 Å². The Bertz CT molecular complexity index is 306. The molecule has 0 unspecified atom stereocenters. The minimum Gasteiger partial charge on any atom is -0.497 e. The van der Waals surface area contributed by atoms with Crippen molar-refractivity contribution in [3.63, 3.8) is 0 Å². The molecule has 0 aliphatic heterocycles. The quantitative estimate of drug-likeness (QED) is 0.372. The van der Waals surface area contributed by atoms with Gasteiger partial charge in [0.15, 0.2) is 0 Å². The van der Waals surface area contributed by atoms with E-state index in [4.69, 9.17) is 9.47 Å². The summed E-state index contributed by atoms with van der Waals surface area (Å²) >= 11 is 2.01. The fourth-order valence-corrected chi connectivity index (χ4v) is 0.968. The third-order valence-corrected chi connectivity index (χ3v) is 2.11. The number of alkyl halides is 1. The number of methoxy groups -OCH3 is 1. The van der Waals surface area contributed by atoms with Crippen molar-refractivity contribution in [1.29, 1.82) is 0 Å². The Labute approximate surface area is 96.5 Å². The average molecular weight is 306 g/mol. The molecule has 0 amide bonds. The summed E-state index contributed by atoms with van der Waals surface area (Å²) < 4.78 is 9.91. The number of carbonyl (C=O) groups is 1. The fourth-order valence-electron chi connectivity index (χ4n) is 0.841. The van der Waals surface area contributed by atoms with Crippen LogP contribution in [0.2, 0.25) is 0 Å². The smallest absolute Gasteiger partial charge is 0.323 e. The van der Waals surface area contributed by atoms with Crippen molar-refractivity contribution in [2.24, 2.45) is 0 Å². The molecule has 76 valence electrons. The first-order valence-electron chi connectivity index (χ1n) is 4.13. The van der Waals surface area contributed by atoms with Gasteiger partial charge in [-0.3, -0.25) is 4.79 Å². The summed E-state index contributed by atoms with van der Waals surface area (Å²) in [6, 6.07) is 6.91. The highest BCUT2D eigenvalue weighted by Gasteiger charge is 2.10. The van der Waals surface area contributed by atoms with Crippen LogP contribution in [0.15, 0.2) is 24.3 Å². The number of hydrogen-bond donors (Lipinski definition) is 0. The Morgan fingerprint density at radius 2 is 1.79 bits per heavy atom. The van der Waals surface area contributed by atoms with Gasteiger partial charge in [0.25, 0.3) is 0 Å². The van der Waals surface area contributed by atoms with E-state index in [1.54, 1.807) is 38.3 Å². The van der Waals surface area contributed by atoms with Gasteiger partial charge in [0.1, 0.15) is 15.4 Å². The highest BCUT2D eigenvalue weighted by atomic mass is 127. The zero-order valence-corrected chi connectivity index (χ0v) is 10.1. The zero-order chi connectivity index (χ0) is 10.6. The summed E-state index contributed by atoms with van der Waals surface area (Å²) in [6.07, 6.45) is 0. The Morgan fingerprint density at radius 3 is 2.21 bits per heavy atom. The van der Waals surface area contributed by atoms with Crippen molar-refractivity contribution in [1.82, 2.24) is 0 Å². The number of ether oxygens (including phenoxy) is 2. The number of carbonyl (C=O) groups excluding carboxylic acids is 1. The van der Waals surface area contributed by atoms with Crippen molar-refractivity contribution in [2.45, 2.75) is 10.8 Å². The molecule has 3 nitrogen and oxygen atoms in total. The molecule has 0 aromatic heterocycles. The number of hydrogen-bond acceptors (Lipinski definition) is 3. The zero-order valence-electron chi connectivity index (χ0n) is 7.99. The summed E-state index contributed by atoms with van der Waals surface area (Å²) in [5.41, 5.74) is 0. The molecular weight excluding hydrogens is 295 g/mol. The summed E-state index contributed by atoms with van der Waals surface area (Å²) in [7, 11) is 1.59. The average Bonchev–Trinajstić information content (AvgIpc) is 2.19. The Kier molecular flexibility index (Phi) is 4.19. The lowest BCUT2D eigenvalue weighted by atomic mass is 10.3. The molecule has 1 aromatic rings. The van der Waals surface area contributed by atoms with Gasteiger partial charge in [-0.15, -0.1) is 0 Å². The van der Waals surface area contributed by atoms with E-state index in [0.29, 0.717) is 5.75 Å². The van der Waals surface area contributed by atoms with Crippen LogP contribution < -0.4 is 9.47 Å². The highest BCUT2D eigenvalue weighted by Crippen LogP contribution is 2.18. The van der Waals surface area contributed by atoms with Crippen LogP contribution in [0.1, 0.15) is 6.92 Å². The summed E-state index contributed by atoms with van der Waals surface area (Å²) in [4.78, 5) is 11.2. The number of benzene rings is 1. The molecule has 0 heterocycles. The Morgan fingerprint density at radius 1 is 1.29 bits per heavy atom. The molecule has 1 rings (SSSR count). The second kappa shape index (κ2) is 5.19. The minimum atomic E-state index is -0.240. The predicted octanol–water partition coefficient (Wildman–Crippen LogP) is 2.42. The van der Waals surface area contributed by atoms with Gasteiger partial charge < -0.3 is 9.47 Å². The third kappa shape index (κ3) is 3.17. The molecule has 1 aromatic carbocycles. The van der Waals surface area contributed by atoms with Crippen LogP contribution in [0.25, 0.3) is 0 Å². The van der Waals surface area contributed by atoms with Crippen molar-refractivity contribution in [2.75, 3.05) is 7.11 Å². The monoisotopic (exact) mass is 306 g/mol. The molecule has 0 radical (unpaired) electrons. The van der Waals surface area contributed by atoms with Gasteiger partial charge in [-0.25, -0.2) is 0 Å². The lowest BCUT2D eigenvalue weighted by molar-refractivity contribution is -0.133. The maximum absolute atomic E-state index is 11.2. The van der Waals surface area contributed by atoms with E-state index in [0.717, 1.165) is 5.75 Å². The highest BCUT2D eigenvalue weighted by molar-refractivity contribution is 14.1. The van der Waals surface area contributed by atoms with E-state index < -0.39 is 0 Å². The summed E-state index contributed by atoms with van der Waals surface area (Å²) in [6.45, 7) is 1.78. The van der Waals surface area contributed by atoms with E-state index in [1.807, 2.05) is 22.6 Å². The van der Waals surface area contributed by atoms with Crippen LogP contribution in [0.3, 0.4) is 0 Å². The van der Waals surface area contributed by atoms with Gasteiger partial charge in [-0.1, -0.05) is 22.6 Å². The fraction of sp³-hybridized carbons (Fsp3) is 0.300. The first-order valence-corrected chi connectivity index (χ1v) is 5.38. The molecule has 14 heavy (non-hydrogen) atoms. The largest absolute Gasteiger partial charge is 0.497 e. The molecule has 0 aliphatic rings. The molecule has 0 N–H and O–H groups in total. The normalized spacial score (nSPS) is 11.9. The van der Waals surface area contributed by atoms with Crippen LogP contribution in [-0.4, -0.2) is 17.0 Å². The lowest BCUT2D eigenvalue weighted by Crippen LogP contribution is -2.16. The SMILES string of the molecule is COc1ccc(OC(=O)[C@H](C)I)cc1. The third-order valence-electron chi connectivity index (χ3n) is 1.60. The van der Waals surface area contributed by atoms with Gasteiger partial charge in [-0.2, -0.15) is 0 Å². The topological polar surface area (TPSA) is 35.5 Å². The van der Waals surface area contributed by atoms with Crippen molar-refractivity contribution in [3.05, 3.63) is 24.3 Å². The molecule has 0 bridgehead atoms. The van der Waals surface area contributed by atoms with Crippen LogP contribution >= 0.6 is 22.6 Å². The lowest BCUT2D eigenvalue weighted by Gasteiger charge is -2.06. The van der Waals surface area contributed by atoms with Crippen LogP contribution in [0.4, 0.5) is 0 Å². The summed E-state index contributed by atoms with van der Waals surface area (Å²) in [5, 5.41) is 0. The van der Waals surface area contributed by atoms with Gasteiger partial charge in [0, 0.05) is 0 Å². The first-order chi connectivity index (χ1) is 6.63. The van der Waals surface area contributed by atoms with Gasteiger partial charge >= 0.3 is 5.97 Å². The number of halogens is 1. The first kappa shape index (κ1) is 11.3. The number of esters is 1. The molecule has 0 fully saturated rings. The summed E-state index contributed by atoms with van der Waals surface area (Å²) in [5.74, 6) is 1.04. The van der Waals surface area contributed by atoms with E-state index in [2.05, 4.69) is 0 Å². The molecular formula is C10H11IO3. The second-order valence-corrected chi connectivity index (χ2v) is 4.58. The van der Waals surface area contributed by atoms with E-state index in [1.165, 1.54) is 0 Å².